The van der Waals surface area contributed by atoms with E-state index in [1.807, 2.05) is 12.1 Å². The van der Waals surface area contributed by atoms with Gasteiger partial charge in [-0.1, -0.05) is 80.2 Å². The molecule has 0 radical (unpaired) electrons. The van der Waals surface area contributed by atoms with E-state index >= 15 is 0 Å². The molecular weight excluding hydrogens is 561 g/mol. The average Bonchev–Trinajstić information content (AvgIpc) is 3.36. The summed E-state index contributed by atoms with van der Waals surface area (Å²) in [5, 5.41) is 15.0. The highest BCUT2D eigenvalue weighted by Gasteiger charge is 2.32. The molecule has 6 heteroatoms. The molecule has 4 nitrogen and oxygen atoms in total. The topological polar surface area (TPSA) is 38.7 Å². The van der Waals surface area contributed by atoms with Crippen LogP contribution < -0.4 is 10.2 Å². The van der Waals surface area contributed by atoms with Gasteiger partial charge in [0, 0.05) is 65.4 Å². The van der Waals surface area contributed by atoms with Crippen LogP contribution in [-0.2, 0) is 6.42 Å². The molecule has 0 aromatic heterocycles. The molecule has 2 N–H and O–H groups in total. The number of likely N-dealkylation sites (tertiary alicyclic amines) is 1. The molecule has 1 fully saturated rings. The number of hydrogen-bond donors (Lipinski definition) is 2. The van der Waals surface area contributed by atoms with Crippen LogP contribution in [0.25, 0.3) is 0 Å². The van der Waals surface area contributed by atoms with Crippen molar-refractivity contribution in [1.29, 1.82) is 0 Å². The molecule has 1 aliphatic rings. The fourth-order valence-electron chi connectivity index (χ4n) is 5.74. The number of aliphatic hydroxyl groups excluding tert-OH is 1. The first kappa shape index (κ1) is 33.7. The fourth-order valence-corrected chi connectivity index (χ4v) is 6.24. The van der Waals surface area contributed by atoms with Crippen molar-refractivity contribution < 1.29 is 5.11 Å². The van der Waals surface area contributed by atoms with Gasteiger partial charge in [0.1, 0.15) is 0 Å². The van der Waals surface area contributed by atoms with E-state index in [0.29, 0.717) is 16.5 Å². The lowest BCUT2D eigenvalue weighted by atomic mass is 9.75. The minimum atomic E-state index is -0.148. The molecule has 0 spiro atoms. The van der Waals surface area contributed by atoms with E-state index in [9.17, 15) is 5.11 Å². The molecule has 1 atom stereocenters. The largest absolute Gasteiger partial charge is 0.513 e. The molecule has 1 unspecified atom stereocenters. The van der Waals surface area contributed by atoms with Gasteiger partial charge >= 0.3 is 0 Å². The van der Waals surface area contributed by atoms with Crippen molar-refractivity contribution in [3.8, 4) is 0 Å². The fraction of sp³-hybridized carbons (Fsp3) is 0.444. The summed E-state index contributed by atoms with van der Waals surface area (Å²) in [5.74, 6) is 0.218. The van der Waals surface area contributed by atoms with Crippen LogP contribution in [-0.4, -0.2) is 36.2 Å². The molecule has 0 amide bonds. The number of hydrogen-bond acceptors (Lipinski definition) is 4. The van der Waals surface area contributed by atoms with Crippen molar-refractivity contribution in [3.05, 3.63) is 113 Å². The highest BCUT2D eigenvalue weighted by Crippen LogP contribution is 2.39. The van der Waals surface area contributed by atoms with E-state index in [1.165, 1.54) is 17.7 Å². The lowest BCUT2D eigenvalue weighted by molar-refractivity contribution is 0.234. The maximum Gasteiger partial charge on any atom is 0.0851 e. The molecule has 2 aromatic carbocycles. The SMILES string of the molecule is C=C(O)CCC(CC)(CC(=C)NCCCN1CCCC1=C)CN(C(=C)CCc1ccc(Cl)cc1Cl)c1ccc(C)cc1. The van der Waals surface area contributed by atoms with E-state index in [2.05, 4.69) is 79.5 Å². The molecule has 1 aliphatic heterocycles. The van der Waals surface area contributed by atoms with Crippen molar-refractivity contribution in [1.82, 2.24) is 10.2 Å². The molecule has 3 rings (SSSR count). The van der Waals surface area contributed by atoms with E-state index in [0.717, 1.165) is 93.8 Å². The number of anilines is 1. The van der Waals surface area contributed by atoms with Crippen LogP contribution in [0, 0.1) is 12.3 Å². The highest BCUT2D eigenvalue weighted by atomic mass is 35.5. The van der Waals surface area contributed by atoms with Gasteiger partial charge in [0.05, 0.1) is 5.76 Å². The Balaban J connectivity index is 1.76. The highest BCUT2D eigenvalue weighted by molar-refractivity contribution is 6.35. The third kappa shape index (κ3) is 10.2. The summed E-state index contributed by atoms with van der Waals surface area (Å²) < 4.78 is 0. The van der Waals surface area contributed by atoms with E-state index in [1.54, 1.807) is 6.07 Å². The van der Waals surface area contributed by atoms with Gasteiger partial charge in [-0.15, -0.1) is 0 Å². The minimum Gasteiger partial charge on any atom is -0.513 e. The first-order chi connectivity index (χ1) is 20.0. The lowest BCUT2D eigenvalue weighted by Crippen LogP contribution is -2.39. The third-order valence-electron chi connectivity index (χ3n) is 8.52. The van der Waals surface area contributed by atoms with Crippen LogP contribution >= 0.6 is 23.2 Å². The number of aliphatic hydroxyl groups is 1. The normalized spacial score (nSPS) is 14.5. The monoisotopic (exact) mass is 609 g/mol. The zero-order valence-electron chi connectivity index (χ0n) is 25.7. The van der Waals surface area contributed by atoms with Gasteiger partial charge in [0.2, 0.25) is 0 Å². The van der Waals surface area contributed by atoms with E-state index in [4.69, 9.17) is 23.2 Å². The number of rotatable bonds is 18. The lowest BCUT2D eigenvalue weighted by Gasteiger charge is -2.41. The second-order valence-electron chi connectivity index (χ2n) is 11.9. The molecule has 0 saturated carbocycles. The molecule has 42 heavy (non-hydrogen) atoms. The van der Waals surface area contributed by atoms with Gasteiger partial charge in [-0.05, 0) is 93.5 Å². The van der Waals surface area contributed by atoms with Gasteiger partial charge < -0.3 is 20.2 Å². The Morgan fingerprint density at radius 3 is 2.45 bits per heavy atom. The van der Waals surface area contributed by atoms with E-state index < -0.39 is 0 Å². The average molecular weight is 611 g/mol. The molecule has 2 aromatic rings. The Hall–Kier alpha value is -2.82. The number of allylic oxidation sites excluding steroid dienone is 4. The third-order valence-corrected chi connectivity index (χ3v) is 9.11. The van der Waals surface area contributed by atoms with Crippen molar-refractivity contribution in [2.45, 2.75) is 71.6 Å². The maximum atomic E-state index is 10.1. The smallest absolute Gasteiger partial charge is 0.0851 e. The Labute approximate surface area is 264 Å². The van der Waals surface area contributed by atoms with Crippen LogP contribution in [0.2, 0.25) is 10.0 Å². The number of nitrogens with one attached hydrogen (secondary N) is 1. The quantitative estimate of drug-likeness (QED) is 0.130. The molecular formula is C36H49Cl2N3O. The van der Waals surface area contributed by atoms with Crippen LogP contribution in [0.4, 0.5) is 5.69 Å². The number of halogens is 2. The molecule has 0 bridgehead atoms. The molecule has 1 saturated heterocycles. The first-order valence-corrected chi connectivity index (χ1v) is 15.9. The predicted octanol–water partition coefficient (Wildman–Crippen LogP) is 10.00. The van der Waals surface area contributed by atoms with Gasteiger partial charge in [-0.25, -0.2) is 0 Å². The summed E-state index contributed by atoms with van der Waals surface area (Å²) in [6.07, 6.45) is 7.96. The van der Waals surface area contributed by atoms with E-state index in [-0.39, 0.29) is 11.2 Å². The van der Waals surface area contributed by atoms with Crippen LogP contribution in [0.3, 0.4) is 0 Å². The Morgan fingerprint density at radius 1 is 1.10 bits per heavy atom. The predicted molar refractivity (Wildman–Crippen MR) is 182 cm³/mol. The second-order valence-corrected chi connectivity index (χ2v) is 12.7. The Kier molecular flexibility index (Phi) is 12.9. The summed E-state index contributed by atoms with van der Waals surface area (Å²) in [6.45, 7) is 25.1. The van der Waals surface area contributed by atoms with Crippen LogP contribution in [0.15, 0.2) is 91.6 Å². The van der Waals surface area contributed by atoms with Crippen LogP contribution in [0.5, 0.6) is 0 Å². The van der Waals surface area contributed by atoms with Crippen molar-refractivity contribution in [3.63, 3.8) is 0 Å². The zero-order valence-corrected chi connectivity index (χ0v) is 27.2. The Bertz CT molecular complexity index is 1240. The van der Waals surface area contributed by atoms with Gasteiger partial charge in [-0.3, -0.25) is 0 Å². The first-order valence-electron chi connectivity index (χ1n) is 15.2. The van der Waals surface area contributed by atoms with Gasteiger partial charge in [-0.2, -0.15) is 0 Å². The molecule has 228 valence electrons. The molecule has 1 heterocycles. The summed E-state index contributed by atoms with van der Waals surface area (Å²) in [6, 6.07) is 14.3. The minimum absolute atomic E-state index is 0.148. The zero-order chi connectivity index (χ0) is 30.7. The summed E-state index contributed by atoms with van der Waals surface area (Å²) >= 11 is 12.6. The molecule has 0 aliphatic carbocycles. The van der Waals surface area contributed by atoms with Crippen molar-refractivity contribution >= 4 is 28.9 Å². The van der Waals surface area contributed by atoms with Crippen molar-refractivity contribution in [2.24, 2.45) is 5.41 Å². The van der Waals surface area contributed by atoms with Crippen LogP contribution in [0.1, 0.15) is 69.4 Å². The summed E-state index contributed by atoms with van der Waals surface area (Å²) in [5.41, 5.74) is 6.55. The maximum absolute atomic E-state index is 10.1. The van der Waals surface area contributed by atoms with Crippen molar-refractivity contribution in [2.75, 3.05) is 31.1 Å². The van der Waals surface area contributed by atoms with Gasteiger partial charge in [0.15, 0.2) is 0 Å². The van der Waals surface area contributed by atoms with Gasteiger partial charge in [0.25, 0.3) is 0 Å². The standard InChI is InChI=1S/C36H49Cl2N3O/c1-7-36(20-19-31(6)42,25-28(3)39-21-9-23-40-22-8-10-29(40)4)26-41(34-17-11-27(2)12-18-34)30(5)13-14-32-15-16-33(37)24-35(32)38/h11-12,15-18,24,39,42H,3-10,13-14,19-23,25-26H2,1-2H3. The number of nitrogens with zero attached hydrogens (tertiary/aromatic N) is 2. The number of benzene rings is 2. The summed E-state index contributed by atoms with van der Waals surface area (Å²) in [4.78, 5) is 4.75. The summed E-state index contributed by atoms with van der Waals surface area (Å²) in [7, 11) is 0. The Morgan fingerprint density at radius 2 is 1.83 bits per heavy atom. The number of aryl methyl sites for hydroxylation is 2. The second kappa shape index (κ2) is 16.1.